The zero-order valence-corrected chi connectivity index (χ0v) is 8.58. The zero-order valence-electron chi connectivity index (χ0n) is 8.58. The van der Waals surface area contributed by atoms with Crippen LogP contribution >= 0.6 is 0 Å². The second kappa shape index (κ2) is 3.45. The van der Waals surface area contributed by atoms with Gasteiger partial charge in [-0.1, -0.05) is 31.2 Å². The predicted molar refractivity (Wildman–Crippen MR) is 55.9 cm³/mol. The molecule has 1 aliphatic rings. The van der Waals surface area contributed by atoms with Crippen LogP contribution in [0.3, 0.4) is 0 Å². The Balaban J connectivity index is 2.30. The van der Waals surface area contributed by atoms with E-state index in [1.165, 1.54) is 11.1 Å². The maximum Gasteiger partial charge on any atom is 0.217 e. The Morgan fingerprint density at radius 2 is 2.14 bits per heavy atom. The Kier molecular flexibility index (Phi) is 2.28. The van der Waals surface area contributed by atoms with E-state index < -0.39 is 0 Å². The quantitative estimate of drug-likeness (QED) is 0.719. The van der Waals surface area contributed by atoms with E-state index in [1.807, 2.05) is 6.07 Å². The molecule has 1 aromatic carbocycles. The molecule has 1 N–H and O–H groups in total. The Hall–Kier alpha value is -1.31. The molecule has 14 heavy (non-hydrogen) atoms. The average Bonchev–Trinajstić information content (AvgIpc) is 2.43. The van der Waals surface area contributed by atoms with Crippen molar-refractivity contribution < 1.29 is 4.79 Å². The fourth-order valence-corrected chi connectivity index (χ4v) is 2.23. The number of hydrogen-bond donors (Lipinski definition) is 1. The largest absolute Gasteiger partial charge is 0.349 e. The highest BCUT2D eigenvalue weighted by Gasteiger charge is 2.29. The van der Waals surface area contributed by atoms with Crippen LogP contribution in [-0.2, 0) is 11.2 Å². The molecule has 2 rings (SSSR count). The van der Waals surface area contributed by atoms with Crippen LogP contribution in [0.25, 0.3) is 0 Å². The lowest BCUT2D eigenvalue weighted by molar-refractivity contribution is -0.119. The second-order valence-corrected chi connectivity index (χ2v) is 4.06. The first-order chi connectivity index (χ1) is 6.68. The number of amides is 1. The Labute approximate surface area is 84.3 Å². The van der Waals surface area contributed by atoms with Crippen LogP contribution < -0.4 is 5.32 Å². The molecule has 0 aromatic heterocycles. The van der Waals surface area contributed by atoms with Gasteiger partial charge in [0.25, 0.3) is 0 Å². The van der Waals surface area contributed by atoms with E-state index >= 15 is 0 Å². The maximum absolute atomic E-state index is 11.0. The smallest absolute Gasteiger partial charge is 0.217 e. The summed E-state index contributed by atoms with van der Waals surface area (Å²) in [7, 11) is 0. The number of nitrogens with one attached hydrogen (secondary N) is 1. The van der Waals surface area contributed by atoms with Gasteiger partial charge in [-0.05, 0) is 23.5 Å². The summed E-state index contributed by atoms with van der Waals surface area (Å²) < 4.78 is 0. The minimum atomic E-state index is 0.0542. The van der Waals surface area contributed by atoms with Gasteiger partial charge in [0.15, 0.2) is 0 Å². The zero-order chi connectivity index (χ0) is 10.1. The van der Waals surface area contributed by atoms with E-state index in [4.69, 9.17) is 0 Å². The Bertz CT molecular complexity index is 359. The summed E-state index contributed by atoms with van der Waals surface area (Å²) >= 11 is 0. The molecule has 0 radical (unpaired) electrons. The van der Waals surface area contributed by atoms with Crippen LogP contribution in [0.4, 0.5) is 0 Å². The van der Waals surface area contributed by atoms with Crippen molar-refractivity contribution >= 4 is 5.91 Å². The number of carbonyl (C=O) groups is 1. The third-order valence-electron chi connectivity index (χ3n) is 2.86. The standard InChI is InChI=1S/C12H15NO/c1-8-7-10-5-3-4-6-11(10)12(8)13-9(2)14/h3-6,8,12H,7H2,1-2H3,(H,13,14). The molecule has 0 fully saturated rings. The first-order valence-corrected chi connectivity index (χ1v) is 5.03. The molecule has 1 aromatic rings. The Morgan fingerprint density at radius 3 is 2.86 bits per heavy atom. The van der Waals surface area contributed by atoms with Crippen molar-refractivity contribution in [1.82, 2.24) is 5.32 Å². The number of hydrogen-bond acceptors (Lipinski definition) is 1. The molecule has 0 saturated carbocycles. The average molecular weight is 189 g/mol. The summed E-state index contributed by atoms with van der Waals surface area (Å²) in [6.45, 7) is 3.76. The van der Waals surface area contributed by atoms with Crippen molar-refractivity contribution in [3.63, 3.8) is 0 Å². The lowest BCUT2D eigenvalue weighted by atomic mass is 10.0. The number of carbonyl (C=O) groups excluding carboxylic acids is 1. The van der Waals surface area contributed by atoms with Crippen LogP contribution in [0.5, 0.6) is 0 Å². The van der Waals surface area contributed by atoms with Gasteiger partial charge in [-0.2, -0.15) is 0 Å². The highest BCUT2D eigenvalue weighted by atomic mass is 16.1. The molecule has 0 aliphatic heterocycles. The van der Waals surface area contributed by atoms with Gasteiger partial charge >= 0.3 is 0 Å². The molecule has 74 valence electrons. The topological polar surface area (TPSA) is 29.1 Å². The summed E-state index contributed by atoms with van der Waals surface area (Å²) in [6.07, 6.45) is 1.07. The molecule has 0 saturated heterocycles. The van der Waals surface area contributed by atoms with Gasteiger partial charge in [-0.25, -0.2) is 0 Å². The molecule has 0 heterocycles. The maximum atomic E-state index is 11.0. The van der Waals surface area contributed by atoms with E-state index in [2.05, 4.69) is 30.4 Å². The van der Waals surface area contributed by atoms with Crippen LogP contribution in [0.1, 0.15) is 31.0 Å². The van der Waals surface area contributed by atoms with Crippen molar-refractivity contribution in [2.75, 3.05) is 0 Å². The SMILES string of the molecule is CC(=O)NC1c2ccccc2CC1C. The van der Waals surface area contributed by atoms with Gasteiger partial charge in [-0.15, -0.1) is 0 Å². The van der Waals surface area contributed by atoms with E-state index in [9.17, 15) is 4.79 Å². The van der Waals surface area contributed by atoms with Crippen molar-refractivity contribution in [3.8, 4) is 0 Å². The predicted octanol–water partition coefficient (Wildman–Crippen LogP) is 2.06. The lowest BCUT2D eigenvalue weighted by Gasteiger charge is -2.17. The van der Waals surface area contributed by atoms with Crippen LogP contribution in [-0.4, -0.2) is 5.91 Å². The van der Waals surface area contributed by atoms with Gasteiger partial charge in [0, 0.05) is 6.92 Å². The molecular weight excluding hydrogens is 174 g/mol. The minimum absolute atomic E-state index is 0.0542. The number of benzene rings is 1. The van der Waals surface area contributed by atoms with E-state index in [0.717, 1.165) is 6.42 Å². The fourth-order valence-electron chi connectivity index (χ4n) is 2.23. The highest BCUT2D eigenvalue weighted by Crippen LogP contribution is 2.35. The molecule has 1 amide bonds. The first kappa shape index (κ1) is 9.25. The minimum Gasteiger partial charge on any atom is -0.349 e. The third-order valence-corrected chi connectivity index (χ3v) is 2.86. The Morgan fingerprint density at radius 1 is 1.43 bits per heavy atom. The normalized spacial score (nSPS) is 24.4. The highest BCUT2D eigenvalue weighted by molar-refractivity contribution is 5.73. The molecule has 2 atom stereocenters. The number of rotatable bonds is 1. The number of fused-ring (bicyclic) bond motifs is 1. The lowest BCUT2D eigenvalue weighted by Crippen LogP contribution is -2.28. The molecular formula is C12H15NO. The molecule has 0 bridgehead atoms. The van der Waals surface area contributed by atoms with Gasteiger partial charge < -0.3 is 5.32 Å². The molecule has 2 unspecified atom stereocenters. The van der Waals surface area contributed by atoms with E-state index in [1.54, 1.807) is 6.92 Å². The van der Waals surface area contributed by atoms with Crippen molar-refractivity contribution in [3.05, 3.63) is 35.4 Å². The van der Waals surface area contributed by atoms with Crippen LogP contribution in [0.15, 0.2) is 24.3 Å². The van der Waals surface area contributed by atoms with Gasteiger partial charge in [-0.3, -0.25) is 4.79 Å². The van der Waals surface area contributed by atoms with Gasteiger partial charge in [0.2, 0.25) is 5.91 Å². The summed E-state index contributed by atoms with van der Waals surface area (Å²) in [5, 5.41) is 3.01. The second-order valence-electron chi connectivity index (χ2n) is 4.06. The van der Waals surface area contributed by atoms with Crippen molar-refractivity contribution in [2.45, 2.75) is 26.3 Å². The van der Waals surface area contributed by atoms with Crippen LogP contribution in [0.2, 0.25) is 0 Å². The fraction of sp³-hybridized carbons (Fsp3) is 0.417. The van der Waals surface area contributed by atoms with Gasteiger partial charge in [0.05, 0.1) is 6.04 Å². The van der Waals surface area contributed by atoms with Crippen molar-refractivity contribution in [1.29, 1.82) is 0 Å². The third kappa shape index (κ3) is 1.52. The van der Waals surface area contributed by atoms with Gasteiger partial charge in [0.1, 0.15) is 0 Å². The molecule has 1 aliphatic carbocycles. The van der Waals surface area contributed by atoms with Crippen LogP contribution in [0, 0.1) is 5.92 Å². The molecule has 2 nitrogen and oxygen atoms in total. The monoisotopic (exact) mass is 189 g/mol. The van der Waals surface area contributed by atoms with E-state index in [0.29, 0.717) is 5.92 Å². The summed E-state index contributed by atoms with van der Waals surface area (Å²) in [6, 6.07) is 8.56. The molecule has 0 spiro atoms. The summed E-state index contributed by atoms with van der Waals surface area (Å²) in [4.78, 5) is 11.0. The molecule has 2 heteroatoms. The van der Waals surface area contributed by atoms with E-state index in [-0.39, 0.29) is 11.9 Å². The van der Waals surface area contributed by atoms with Crippen molar-refractivity contribution in [2.24, 2.45) is 5.92 Å². The summed E-state index contributed by atoms with van der Waals surface area (Å²) in [5.41, 5.74) is 2.66. The summed E-state index contributed by atoms with van der Waals surface area (Å²) in [5.74, 6) is 0.565. The first-order valence-electron chi connectivity index (χ1n) is 5.03.